The number of benzene rings is 2. The van der Waals surface area contributed by atoms with Crippen LogP contribution in [0.4, 0.5) is 5.69 Å². The molecule has 1 aliphatic heterocycles. The van der Waals surface area contributed by atoms with Crippen LogP contribution >= 0.6 is 0 Å². The highest BCUT2D eigenvalue weighted by Gasteiger charge is 2.26. The van der Waals surface area contributed by atoms with E-state index >= 15 is 0 Å². The van der Waals surface area contributed by atoms with Gasteiger partial charge in [0.1, 0.15) is 13.7 Å². The van der Waals surface area contributed by atoms with Crippen molar-refractivity contribution in [1.82, 2.24) is 4.90 Å². The first kappa shape index (κ1) is 14.6. The van der Waals surface area contributed by atoms with Gasteiger partial charge in [-0.15, -0.1) is 0 Å². The lowest BCUT2D eigenvalue weighted by molar-refractivity contribution is 0.557. The monoisotopic (exact) mass is 288 g/mol. The van der Waals surface area contributed by atoms with Crippen molar-refractivity contribution in [3.8, 4) is 0 Å². The zero-order valence-corrected chi connectivity index (χ0v) is 13.3. The van der Waals surface area contributed by atoms with Crippen LogP contribution in [0.3, 0.4) is 0 Å². The summed E-state index contributed by atoms with van der Waals surface area (Å²) in [6.45, 7) is 7.37. The largest absolute Gasteiger partial charge is 0.326 e. The van der Waals surface area contributed by atoms with Crippen LogP contribution in [0.2, 0.25) is 5.82 Å². The van der Waals surface area contributed by atoms with Gasteiger partial charge in [0, 0.05) is 17.8 Å². The molecule has 110 valence electrons. The van der Waals surface area contributed by atoms with Crippen LogP contribution in [-0.4, -0.2) is 18.6 Å². The Morgan fingerprint density at radius 1 is 1.09 bits per heavy atom. The van der Waals surface area contributed by atoms with Crippen molar-refractivity contribution in [2.45, 2.75) is 25.7 Å². The molecule has 0 amide bonds. The second kappa shape index (κ2) is 6.23. The zero-order valence-electron chi connectivity index (χ0n) is 13.3. The highest BCUT2D eigenvalue weighted by Crippen LogP contribution is 2.36. The highest BCUT2D eigenvalue weighted by molar-refractivity contribution is 6.26. The topological polar surface area (TPSA) is 15.6 Å². The first-order valence-electron chi connectivity index (χ1n) is 7.89. The SMILES string of the molecule is BC(CC)C1=Nc2ccccc2C(=C)N1Cc1ccccc1. The maximum atomic E-state index is 4.93. The molecule has 1 unspecified atom stereocenters. The van der Waals surface area contributed by atoms with Gasteiger partial charge in [0.15, 0.2) is 0 Å². The molecule has 0 spiro atoms. The van der Waals surface area contributed by atoms with E-state index in [-0.39, 0.29) is 0 Å². The molecule has 0 radical (unpaired) electrons. The maximum Gasteiger partial charge on any atom is 0.115 e. The van der Waals surface area contributed by atoms with Crippen molar-refractivity contribution in [3.63, 3.8) is 0 Å². The molecule has 1 heterocycles. The summed E-state index contributed by atoms with van der Waals surface area (Å²) in [7, 11) is 2.23. The lowest BCUT2D eigenvalue weighted by Gasteiger charge is -2.35. The van der Waals surface area contributed by atoms with Gasteiger partial charge in [-0.1, -0.05) is 68.5 Å². The molecule has 22 heavy (non-hydrogen) atoms. The minimum atomic E-state index is 0.411. The summed E-state index contributed by atoms with van der Waals surface area (Å²) in [6, 6.07) is 18.8. The average molecular weight is 288 g/mol. The van der Waals surface area contributed by atoms with E-state index < -0.39 is 0 Å². The van der Waals surface area contributed by atoms with Crippen molar-refractivity contribution in [1.29, 1.82) is 0 Å². The Kier molecular flexibility index (Phi) is 4.14. The molecule has 0 aromatic heterocycles. The van der Waals surface area contributed by atoms with E-state index in [1.165, 1.54) is 5.56 Å². The second-order valence-corrected chi connectivity index (χ2v) is 5.81. The van der Waals surface area contributed by atoms with Crippen molar-refractivity contribution in [3.05, 3.63) is 72.3 Å². The van der Waals surface area contributed by atoms with Gasteiger partial charge in [-0.2, -0.15) is 0 Å². The Bertz CT molecular complexity index is 706. The molecular weight excluding hydrogens is 267 g/mol. The summed E-state index contributed by atoms with van der Waals surface area (Å²) in [4.78, 5) is 7.20. The van der Waals surface area contributed by atoms with Crippen LogP contribution in [0, 0.1) is 0 Å². The van der Waals surface area contributed by atoms with Crippen LogP contribution in [0.1, 0.15) is 24.5 Å². The Morgan fingerprint density at radius 2 is 1.77 bits per heavy atom. The van der Waals surface area contributed by atoms with E-state index in [0.29, 0.717) is 5.82 Å². The smallest absolute Gasteiger partial charge is 0.115 e. The fraction of sp³-hybridized carbons (Fsp3) is 0.211. The number of hydrogen-bond acceptors (Lipinski definition) is 2. The third-order valence-corrected chi connectivity index (χ3v) is 4.29. The van der Waals surface area contributed by atoms with Gasteiger partial charge in [-0.05, 0) is 17.4 Å². The molecule has 2 nitrogen and oxygen atoms in total. The number of nitrogens with zero attached hydrogens (tertiary/aromatic N) is 2. The molecule has 0 aliphatic carbocycles. The maximum absolute atomic E-state index is 4.93. The van der Waals surface area contributed by atoms with Crippen molar-refractivity contribution in [2.24, 2.45) is 4.99 Å². The fourth-order valence-electron chi connectivity index (χ4n) is 2.78. The third-order valence-electron chi connectivity index (χ3n) is 4.29. The Labute approximate surface area is 133 Å². The number of amidine groups is 1. The summed E-state index contributed by atoms with van der Waals surface area (Å²) in [5.41, 5.74) is 4.49. The molecule has 3 rings (SSSR count). The zero-order chi connectivity index (χ0) is 15.5. The van der Waals surface area contributed by atoms with E-state index in [1.807, 2.05) is 12.1 Å². The minimum Gasteiger partial charge on any atom is -0.326 e. The number of para-hydroxylation sites is 1. The Morgan fingerprint density at radius 3 is 2.50 bits per heavy atom. The molecule has 0 saturated heterocycles. The molecule has 0 N–H and O–H groups in total. The summed E-state index contributed by atoms with van der Waals surface area (Å²) >= 11 is 0. The Balaban J connectivity index is 2.02. The lowest BCUT2D eigenvalue weighted by Crippen LogP contribution is -2.34. The quantitative estimate of drug-likeness (QED) is 0.775. The summed E-state index contributed by atoms with van der Waals surface area (Å²) < 4.78 is 0. The van der Waals surface area contributed by atoms with Gasteiger partial charge >= 0.3 is 0 Å². The molecule has 1 aliphatic rings. The van der Waals surface area contributed by atoms with E-state index in [2.05, 4.69) is 68.7 Å². The molecule has 0 bridgehead atoms. The standard InChI is InChI=1S/C19H21BN2/c1-3-17(20)19-21-18-12-8-7-11-16(18)14(2)22(19)13-15-9-5-4-6-10-15/h4-12,17H,2-3,13,20H2,1H3. The highest BCUT2D eigenvalue weighted by atomic mass is 15.2. The summed E-state index contributed by atoms with van der Waals surface area (Å²) in [6.07, 6.45) is 1.07. The summed E-state index contributed by atoms with van der Waals surface area (Å²) in [5, 5.41) is 0. The molecule has 2 aromatic rings. The molecule has 0 fully saturated rings. The van der Waals surface area contributed by atoms with Gasteiger partial charge in [0.2, 0.25) is 0 Å². The number of fused-ring (bicyclic) bond motifs is 1. The Hall–Kier alpha value is -2.29. The van der Waals surface area contributed by atoms with Gasteiger partial charge in [0.25, 0.3) is 0 Å². The molecule has 1 atom stereocenters. The number of rotatable bonds is 4. The second-order valence-electron chi connectivity index (χ2n) is 5.81. The van der Waals surface area contributed by atoms with E-state index in [4.69, 9.17) is 4.99 Å². The van der Waals surface area contributed by atoms with Crippen LogP contribution in [-0.2, 0) is 6.54 Å². The van der Waals surface area contributed by atoms with Gasteiger partial charge < -0.3 is 4.90 Å². The van der Waals surface area contributed by atoms with Crippen LogP contribution < -0.4 is 0 Å². The van der Waals surface area contributed by atoms with E-state index in [1.54, 1.807) is 0 Å². The van der Waals surface area contributed by atoms with Crippen LogP contribution in [0.5, 0.6) is 0 Å². The number of aliphatic imine (C=N–C) groups is 1. The minimum absolute atomic E-state index is 0.411. The molecule has 2 aromatic carbocycles. The van der Waals surface area contributed by atoms with Gasteiger partial charge in [-0.3, -0.25) is 0 Å². The van der Waals surface area contributed by atoms with Crippen molar-refractivity contribution in [2.75, 3.05) is 0 Å². The molecule has 0 saturated carbocycles. The predicted molar refractivity (Wildman–Crippen MR) is 97.1 cm³/mol. The first-order chi connectivity index (χ1) is 10.7. The van der Waals surface area contributed by atoms with Crippen molar-refractivity contribution < 1.29 is 0 Å². The first-order valence-corrected chi connectivity index (χ1v) is 7.89. The van der Waals surface area contributed by atoms with Crippen LogP contribution in [0.15, 0.2) is 66.2 Å². The molecular formula is C19H21BN2. The predicted octanol–water partition coefficient (Wildman–Crippen LogP) is 4.03. The molecule has 3 heteroatoms. The normalized spacial score (nSPS) is 15.2. The van der Waals surface area contributed by atoms with E-state index in [0.717, 1.165) is 35.7 Å². The van der Waals surface area contributed by atoms with Crippen LogP contribution in [0.25, 0.3) is 5.70 Å². The van der Waals surface area contributed by atoms with E-state index in [9.17, 15) is 0 Å². The fourth-order valence-corrected chi connectivity index (χ4v) is 2.78. The number of hydrogen-bond donors (Lipinski definition) is 0. The lowest BCUT2D eigenvalue weighted by atomic mass is 9.82. The summed E-state index contributed by atoms with van der Waals surface area (Å²) in [5.74, 6) is 1.53. The van der Waals surface area contributed by atoms with Gasteiger partial charge in [0.05, 0.1) is 5.69 Å². The van der Waals surface area contributed by atoms with Gasteiger partial charge in [-0.25, -0.2) is 4.99 Å². The van der Waals surface area contributed by atoms with Crippen molar-refractivity contribution >= 4 is 25.1 Å². The third kappa shape index (κ3) is 2.71. The average Bonchev–Trinajstić information content (AvgIpc) is 2.57.